The van der Waals surface area contributed by atoms with Crippen LogP contribution in [0.2, 0.25) is 0 Å². The van der Waals surface area contributed by atoms with Gasteiger partial charge < -0.3 is 21.3 Å². The van der Waals surface area contributed by atoms with Crippen molar-refractivity contribution in [2.75, 3.05) is 13.1 Å². The van der Waals surface area contributed by atoms with Crippen LogP contribution in [0.4, 0.5) is 0 Å². The van der Waals surface area contributed by atoms with Gasteiger partial charge in [-0.3, -0.25) is 19.2 Å². The van der Waals surface area contributed by atoms with Crippen LogP contribution in [-0.4, -0.2) is 70.4 Å². The Morgan fingerprint density at radius 2 is 1.08 bits per heavy atom. The number of rotatable bonds is 4. The summed E-state index contributed by atoms with van der Waals surface area (Å²) in [7, 11) is 0. The van der Waals surface area contributed by atoms with Crippen molar-refractivity contribution < 1.29 is 19.2 Å². The highest BCUT2D eigenvalue weighted by molar-refractivity contribution is 5.97. The van der Waals surface area contributed by atoms with Gasteiger partial charge in [0, 0.05) is 25.2 Å². The molecule has 4 N–H and O–H groups in total. The van der Waals surface area contributed by atoms with E-state index in [1.54, 1.807) is 0 Å². The minimum Gasteiger partial charge on any atom is -0.331 e. The second kappa shape index (κ2) is 6.49. The normalized spacial score (nSPS) is 37.3. The highest BCUT2D eigenvalue weighted by Crippen LogP contribution is 2.43. The van der Waals surface area contributed by atoms with E-state index in [0.29, 0.717) is 32.4 Å². The fourth-order valence-corrected chi connectivity index (χ4v) is 4.16. The van der Waals surface area contributed by atoms with Crippen LogP contribution < -0.4 is 11.5 Å². The summed E-state index contributed by atoms with van der Waals surface area (Å²) in [6.45, 7) is 3.62. The smallest absolute Gasteiger partial charge is 0.227 e. The fraction of sp³-hybridized carbons (Fsp3) is 0.765. The van der Waals surface area contributed by atoms with Crippen molar-refractivity contribution >= 4 is 23.4 Å². The van der Waals surface area contributed by atoms with E-state index in [0.717, 1.165) is 0 Å². The summed E-state index contributed by atoms with van der Waals surface area (Å²) in [5.41, 5.74) is 11.8. The maximum absolute atomic E-state index is 12.7. The van der Waals surface area contributed by atoms with Gasteiger partial charge >= 0.3 is 0 Å². The summed E-state index contributed by atoms with van der Waals surface area (Å²) in [5, 5.41) is 0. The molecule has 138 valence electrons. The quantitative estimate of drug-likeness (QED) is 0.646. The molecule has 3 aliphatic rings. The highest BCUT2D eigenvalue weighted by Gasteiger charge is 2.54. The Balaban J connectivity index is 1.66. The van der Waals surface area contributed by atoms with Crippen LogP contribution in [0.1, 0.15) is 33.1 Å². The molecule has 0 spiro atoms. The average Bonchev–Trinajstić information content (AvgIpc) is 3.08. The van der Waals surface area contributed by atoms with Crippen molar-refractivity contribution in [2.24, 2.45) is 23.3 Å². The number of Topliss-reactive ketones (excluding diaryl/α,β-unsaturated/α-hetero) is 2. The standard InChI is InChI=1S/C17H26N4O4/c1-8(22)14-3-10(18)6-20(14)16(24)12-5-13(12)17(25)21-7-11(19)4-15(21)9(2)23/h10-15H,3-7,18-19H2,1-2H3. The van der Waals surface area contributed by atoms with Crippen LogP contribution in [0, 0.1) is 11.8 Å². The monoisotopic (exact) mass is 350 g/mol. The van der Waals surface area contributed by atoms with E-state index in [1.807, 2.05) is 0 Å². The highest BCUT2D eigenvalue weighted by atomic mass is 16.2. The lowest BCUT2D eigenvalue weighted by atomic mass is 10.1. The minimum absolute atomic E-state index is 0.0769. The first kappa shape index (κ1) is 18.0. The van der Waals surface area contributed by atoms with Crippen LogP contribution in [0.15, 0.2) is 0 Å². The maximum Gasteiger partial charge on any atom is 0.227 e. The molecule has 2 heterocycles. The molecule has 1 saturated carbocycles. The number of hydrogen-bond acceptors (Lipinski definition) is 6. The number of nitrogens with zero attached hydrogens (tertiary/aromatic N) is 2. The number of ketones is 2. The molecule has 2 amide bonds. The van der Waals surface area contributed by atoms with Gasteiger partial charge in [-0.05, 0) is 33.1 Å². The zero-order valence-electron chi connectivity index (χ0n) is 14.7. The van der Waals surface area contributed by atoms with Gasteiger partial charge in [0.15, 0.2) is 11.6 Å². The molecule has 8 heteroatoms. The van der Waals surface area contributed by atoms with Crippen LogP contribution >= 0.6 is 0 Å². The molecular weight excluding hydrogens is 324 g/mol. The van der Waals surface area contributed by atoms with Crippen molar-refractivity contribution in [1.29, 1.82) is 0 Å². The first-order valence-electron chi connectivity index (χ1n) is 8.83. The molecule has 0 radical (unpaired) electrons. The third-order valence-corrected chi connectivity index (χ3v) is 5.60. The Morgan fingerprint density at radius 1 is 0.720 bits per heavy atom. The number of amides is 2. The number of carbonyl (C=O) groups is 4. The van der Waals surface area contributed by atoms with Gasteiger partial charge in [0.1, 0.15) is 0 Å². The first-order chi connectivity index (χ1) is 11.7. The molecule has 8 nitrogen and oxygen atoms in total. The predicted molar refractivity (Wildman–Crippen MR) is 89.1 cm³/mol. The van der Waals surface area contributed by atoms with Gasteiger partial charge in [-0.25, -0.2) is 0 Å². The number of carbonyl (C=O) groups excluding carboxylic acids is 4. The Kier molecular flexibility index (Phi) is 4.68. The molecular formula is C17H26N4O4. The van der Waals surface area contributed by atoms with Crippen molar-refractivity contribution in [3.63, 3.8) is 0 Å². The van der Waals surface area contributed by atoms with Crippen molar-refractivity contribution in [2.45, 2.75) is 57.3 Å². The summed E-state index contributed by atoms with van der Waals surface area (Å²) < 4.78 is 0. The van der Waals surface area contributed by atoms with Gasteiger partial charge in [-0.2, -0.15) is 0 Å². The van der Waals surface area contributed by atoms with E-state index >= 15 is 0 Å². The number of likely N-dealkylation sites (tertiary alicyclic amines) is 2. The summed E-state index contributed by atoms with van der Waals surface area (Å²) in [6.07, 6.45) is 1.41. The molecule has 0 bridgehead atoms. The summed E-state index contributed by atoms with van der Waals surface area (Å²) in [4.78, 5) is 52.0. The molecule has 0 aromatic heterocycles. The molecule has 0 aromatic carbocycles. The molecule has 6 atom stereocenters. The molecule has 3 fully saturated rings. The Bertz CT molecular complexity index is 570. The lowest BCUT2D eigenvalue weighted by molar-refractivity contribution is -0.142. The minimum atomic E-state index is -0.482. The SMILES string of the molecule is CC(=O)C1CC(N)CN1C(=O)C1CC1C(=O)N1CC(N)CC1C(C)=O. The van der Waals surface area contributed by atoms with Gasteiger partial charge in [-0.15, -0.1) is 0 Å². The fourth-order valence-electron chi connectivity index (χ4n) is 4.16. The van der Waals surface area contributed by atoms with Gasteiger partial charge in [-0.1, -0.05) is 0 Å². The summed E-state index contributed by atoms with van der Waals surface area (Å²) in [6, 6.07) is -1.37. The zero-order valence-corrected chi connectivity index (χ0v) is 14.7. The van der Waals surface area contributed by atoms with Gasteiger partial charge in [0.25, 0.3) is 0 Å². The molecule has 3 rings (SSSR count). The van der Waals surface area contributed by atoms with Gasteiger partial charge in [0.2, 0.25) is 11.8 Å². The molecule has 25 heavy (non-hydrogen) atoms. The van der Waals surface area contributed by atoms with Crippen LogP contribution in [0.3, 0.4) is 0 Å². The first-order valence-corrected chi connectivity index (χ1v) is 8.83. The second-order valence-corrected chi connectivity index (χ2v) is 7.67. The number of hydrogen-bond donors (Lipinski definition) is 2. The van der Waals surface area contributed by atoms with Crippen LogP contribution in [0.25, 0.3) is 0 Å². The molecule has 6 unspecified atom stereocenters. The maximum atomic E-state index is 12.7. The summed E-state index contributed by atoms with van der Waals surface area (Å²) in [5.74, 6) is -1.32. The van der Waals surface area contributed by atoms with Crippen LogP contribution in [-0.2, 0) is 19.2 Å². The van der Waals surface area contributed by atoms with E-state index in [1.165, 1.54) is 23.6 Å². The van der Waals surface area contributed by atoms with E-state index in [-0.39, 0.29) is 35.5 Å². The van der Waals surface area contributed by atoms with Crippen molar-refractivity contribution in [3.8, 4) is 0 Å². The topological polar surface area (TPSA) is 127 Å². The predicted octanol–water partition coefficient (Wildman–Crippen LogP) is -1.34. The number of nitrogens with two attached hydrogens (primary N) is 2. The summed E-state index contributed by atoms with van der Waals surface area (Å²) >= 11 is 0. The third kappa shape index (κ3) is 3.32. The van der Waals surface area contributed by atoms with E-state index < -0.39 is 23.9 Å². The Labute approximate surface area is 146 Å². The lowest BCUT2D eigenvalue weighted by Gasteiger charge is -2.24. The molecule has 0 aromatic rings. The molecule has 2 aliphatic heterocycles. The Morgan fingerprint density at radius 3 is 1.40 bits per heavy atom. The average molecular weight is 350 g/mol. The van der Waals surface area contributed by atoms with E-state index in [9.17, 15) is 19.2 Å². The Hall–Kier alpha value is -1.80. The lowest BCUT2D eigenvalue weighted by Crippen LogP contribution is -2.43. The van der Waals surface area contributed by atoms with Crippen molar-refractivity contribution in [3.05, 3.63) is 0 Å². The van der Waals surface area contributed by atoms with E-state index in [4.69, 9.17) is 11.5 Å². The van der Waals surface area contributed by atoms with Gasteiger partial charge in [0.05, 0.1) is 23.9 Å². The zero-order chi connectivity index (χ0) is 18.5. The molecule has 2 saturated heterocycles. The van der Waals surface area contributed by atoms with Crippen LogP contribution in [0.5, 0.6) is 0 Å². The largest absolute Gasteiger partial charge is 0.331 e. The second-order valence-electron chi connectivity index (χ2n) is 7.67. The van der Waals surface area contributed by atoms with Crippen molar-refractivity contribution in [1.82, 2.24) is 9.80 Å². The van der Waals surface area contributed by atoms with E-state index in [2.05, 4.69) is 0 Å². The molecule has 1 aliphatic carbocycles. The third-order valence-electron chi connectivity index (χ3n) is 5.60.